The third-order valence-electron chi connectivity index (χ3n) is 4.44. The summed E-state index contributed by atoms with van der Waals surface area (Å²) >= 11 is 1.40. The van der Waals surface area contributed by atoms with Gasteiger partial charge >= 0.3 is 0 Å². The molecule has 0 radical (unpaired) electrons. The van der Waals surface area contributed by atoms with E-state index in [1.165, 1.54) is 28.2 Å². The van der Waals surface area contributed by atoms with Crippen molar-refractivity contribution in [2.24, 2.45) is 5.10 Å². The highest BCUT2D eigenvalue weighted by atomic mass is 32.1. The van der Waals surface area contributed by atoms with Gasteiger partial charge in [0, 0.05) is 17.8 Å². The van der Waals surface area contributed by atoms with E-state index in [9.17, 15) is 4.79 Å². The molecule has 0 spiro atoms. The molecule has 0 saturated carbocycles. The smallest absolute Gasteiger partial charge is 0.281 e. The molecule has 1 N–H and O–H groups in total. The van der Waals surface area contributed by atoms with Gasteiger partial charge in [-0.2, -0.15) is 5.10 Å². The predicted molar refractivity (Wildman–Crippen MR) is 107 cm³/mol. The molecule has 1 aliphatic rings. The number of anilines is 1. The zero-order valence-corrected chi connectivity index (χ0v) is 15.9. The fourth-order valence-electron chi connectivity index (χ4n) is 3.39. The summed E-state index contributed by atoms with van der Waals surface area (Å²) in [6.45, 7) is 9.74. The average Bonchev–Trinajstić information content (AvgIpc) is 3.09. The first-order valence-electron chi connectivity index (χ1n) is 8.41. The second-order valence-electron chi connectivity index (χ2n) is 6.68. The molecule has 1 aliphatic heterocycles. The van der Waals surface area contributed by atoms with E-state index in [0.29, 0.717) is 4.88 Å². The molecule has 3 rings (SSSR count). The Kier molecular flexibility index (Phi) is 4.77. The fourth-order valence-corrected chi connectivity index (χ4v) is 4.00. The largest absolute Gasteiger partial charge is 0.363 e. The van der Waals surface area contributed by atoms with Crippen molar-refractivity contribution in [3.63, 3.8) is 0 Å². The van der Waals surface area contributed by atoms with Crippen molar-refractivity contribution in [1.82, 2.24) is 5.43 Å². The maximum absolute atomic E-state index is 11.9. The topological polar surface area (TPSA) is 44.7 Å². The molecule has 5 heteroatoms. The molecule has 0 saturated heterocycles. The molecule has 0 atom stereocenters. The van der Waals surface area contributed by atoms with Crippen molar-refractivity contribution in [2.45, 2.75) is 33.2 Å². The van der Waals surface area contributed by atoms with Crippen LogP contribution in [0.2, 0.25) is 0 Å². The van der Waals surface area contributed by atoms with Crippen LogP contribution in [-0.2, 0) is 0 Å². The highest BCUT2D eigenvalue weighted by molar-refractivity contribution is 7.12. The number of likely N-dealkylation sites (N-methyl/N-ethyl adjacent to an activating group) is 1. The van der Waals surface area contributed by atoms with Gasteiger partial charge in [-0.15, -0.1) is 11.3 Å². The Hall–Kier alpha value is -2.40. The molecule has 25 heavy (non-hydrogen) atoms. The first kappa shape index (κ1) is 17.4. The number of rotatable bonds is 4. The third-order valence-corrected chi connectivity index (χ3v) is 5.31. The number of carbonyl (C=O) groups excluding carboxylic acids is 1. The van der Waals surface area contributed by atoms with Gasteiger partial charge in [-0.3, -0.25) is 4.79 Å². The lowest BCUT2D eigenvalue weighted by molar-refractivity contribution is 0.0959. The molecule has 130 valence electrons. The molecule has 4 nitrogen and oxygen atoms in total. The van der Waals surface area contributed by atoms with Crippen LogP contribution >= 0.6 is 11.3 Å². The van der Waals surface area contributed by atoms with Crippen LogP contribution in [0.4, 0.5) is 5.69 Å². The Morgan fingerprint density at radius 1 is 1.36 bits per heavy atom. The summed E-state index contributed by atoms with van der Waals surface area (Å²) in [5, 5.41) is 5.96. The van der Waals surface area contributed by atoms with Crippen molar-refractivity contribution in [2.75, 3.05) is 11.4 Å². The fraction of sp³-hybridized carbons (Fsp3) is 0.300. The van der Waals surface area contributed by atoms with E-state index in [1.807, 2.05) is 17.5 Å². The van der Waals surface area contributed by atoms with Gasteiger partial charge in [0.2, 0.25) is 0 Å². The summed E-state index contributed by atoms with van der Waals surface area (Å²) in [4.78, 5) is 15.0. The highest BCUT2D eigenvalue weighted by Gasteiger charge is 2.29. The number of thiophene rings is 1. The van der Waals surface area contributed by atoms with E-state index >= 15 is 0 Å². The van der Waals surface area contributed by atoms with Gasteiger partial charge in [0.05, 0.1) is 16.6 Å². The lowest BCUT2D eigenvalue weighted by Crippen LogP contribution is -2.44. The zero-order valence-electron chi connectivity index (χ0n) is 15.0. The summed E-state index contributed by atoms with van der Waals surface area (Å²) in [5.41, 5.74) is 7.28. The van der Waals surface area contributed by atoms with Crippen molar-refractivity contribution >= 4 is 34.7 Å². The van der Waals surface area contributed by atoms with E-state index in [0.717, 1.165) is 12.1 Å². The molecule has 0 bridgehead atoms. The van der Waals surface area contributed by atoms with E-state index in [-0.39, 0.29) is 11.4 Å². The van der Waals surface area contributed by atoms with Crippen LogP contribution in [0, 0.1) is 0 Å². The molecule has 1 aromatic heterocycles. The second kappa shape index (κ2) is 6.84. The van der Waals surface area contributed by atoms with Crippen LogP contribution in [0.15, 0.2) is 46.9 Å². The number of hydrogen-bond acceptors (Lipinski definition) is 4. The van der Waals surface area contributed by atoms with E-state index in [1.54, 1.807) is 12.3 Å². The highest BCUT2D eigenvalue weighted by Crippen LogP contribution is 2.38. The first-order chi connectivity index (χ1) is 11.9. The van der Waals surface area contributed by atoms with Crippen LogP contribution in [0.1, 0.15) is 48.5 Å². The minimum absolute atomic E-state index is 0.0100. The van der Waals surface area contributed by atoms with Crippen LogP contribution < -0.4 is 10.3 Å². The third kappa shape index (κ3) is 3.51. The van der Waals surface area contributed by atoms with Crippen molar-refractivity contribution < 1.29 is 4.79 Å². The maximum Gasteiger partial charge on any atom is 0.281 e. The van der Waals surface area contributed by atoms with Gasteiger partial charge in [0.15, 0.2) is 0 Å². The minimum atomic E-state index is -0.181. The van der Waals surface area contributed by atoms with Gasteiger partial charge in [0.1, 0.15) is 0 Å². The SMILES string of the molecule is CCN1c2ccc(/C=N\NC(=O)c3cccs3)cc2C(C)=CC1(C)C. The molecule has 2 aromatic rings. The molecule has 1 amide bonds. The average molecular weight is 353 g/mol. The Morgan fingerprint density at radius 3 is 2.84 bits per heavy atom. The van der Waals surface area contributed by atoms with Crippen LogP contribution in [0.5, 0.6) is 0 Å². The number of amides is 1. The van der Waals surface area contributed by atoms with Gasteiger partial charge in [-0.25, -0.2) is 5.43 Å². The number of nitrogens with zero attached hydrogens (tertiary/aromatic N) is 2. The second-order valence-corrected chi connectivity index (χ2v) is 7.63. The molecule has 1 aromatic carbocycles. The van der Waals surface area contributed by atoms with E-state index in [2.05, 4.69) is 61.3 Å². The number of benzene rings is 1. The Labute approximate surface area is 152 Å². The Morgan fingerprint density at radius 2 is 2.16 bits per heavy atom. The number of fused-ring (bicyclic) bond motifs is 1. The van der Waals surface area contributed by atoms with Crippen LogP contribution in [0.3, 0.4) is 0 Å². The zero-order chi connectivity index (χ0) is 18.0. The maximum atomic E-state index is 11.9. The monoisotopic (exact) mass is 353 g/mol. The summed E-state index contributed by atoms with van der Waals surface area (Å²) in [7, 11) is 0. The summed E-state index contributed by atoms with van der Waals surface area (Å²) in [6, 6.07) is 9.93. The number of allylic oxidation sites excluding steroid dienone is 1. The van der Waals surface area contributed by atoms with Gasteiger partial charge in [-0.1, -0.05) is 18.2 Å². The normalized spacial score (nSPS) is 15.8. The summed E-state index contributed by atoms with van der Waals surface area (Å²) in [5.74, 6) is -0.181. The number of carbonyl (C=O) groups is 1. The van der Waals surface area contributed by atoms with E-state index < -0.39 is 0 Å². The lowest BCUT2D eigenvalue weighted by atomic mass is 9.88. The van der Waals surface area contributed by atoms with Crippen molar-refractivity contribution in [1.29, 1.82) is 0 Å². The molecule has 2 heterocycles. The Bertz CT molecular complexity index is 835. The molecule has 0 fully saturated rings. The number of nitrogens with one attached hydrogen (secondary N) is 1. The van der Waals surface area contributed by atoms with Gasteiger partial charge in [-0.05, 0) is 62.4 Å². The first-order valence-corrected chi connectivity index (χ1v) is 9.29. The van der Waals surface area contributed by atoms with Gasteiger partial charge in [0.25, 0.3) is 5.91 Å². The van der Waals surface area contributed by atoms with E-state index in [4.69, 9.17) is 0 Å². The van der Waals surface area contributed by atoms with Crippen molar-refractivity contribution in [3.8, 4) is 0 Å². The summed E-state index contributed by atoms with van der Waals surface area (Å²) < 4.78 is 0. The van der Waals surface area contributed by atoms with Gasteiger partial charge < -0.3 is 4.90 Å². The van der Waals surface area contributed by atoms with Crippen LogP contribution in [-0.4, -0.2) is 24.2 Å². The molecule has 0 unspecified atom stereocenters. The lowest BCUT2D eigenvalue weighted by Gasteiger charge is -2.42. The van der Waals surface area contributed by atoms with Crippen LogP contribution in [0.25, 0.3) is 5.57 Å². The quantitative estimate of drug-likeness (QED) is 0.648. The number of hydrazone groups is 1. The minimum Gasteiger partial charge on any atom is -0.363 e. The predicted octanol–water partition coefficient (Wildman–Crippen LogP) is 4.53. The molecule has 0 aliphatic carbocycles. The Balaban J connectivity index is 1.81. The molecular weight excluding hydrogens is 330 g/mol. The summed E-state index contributed by atoms with van der Waals surface area (Å²) in [6.07, 6.45) is 3.99. The molecular formula is C20H23N3OS. The van der Waals surface area contributed by atoms with Crippen molar-refractivity contribution in [3.05, 3.63) is 57.8 Å². The standard InChI is InChI=1S/C20H23N3OS/c1-5-23-17-9-8-15(11-16(17)14(2)12-20(23,3)4)13-21-22-19(24)18-7-6-10-25-18/h6-13H,5H2,1-4H3,(H,22,24)/b21-13-. The number of hydrogen-bond donors (Lipinski definition) is 1.